The van der Waals surface area contributed by atoms with E-state index in [1.54, 1.807) is 12.1 Å². The van der Waals surface area contributed by atoms with Gasteiger partial charge in [0.15, 0.2) is 0 Å². The first-order valence-corrected chi connectivity index (χ1v) is 4.82. The van der Waals surface area contributed by atoms with E-state index >= 15 is 0 Å². The van der Waals surface area contributed by atoms with Crippen molar-refractivity contribution in [3.05, 3.63) is 51.8 Å². The van der Waals surface area contributed by atoms with Gasteiger partial charge in [-0.3, -0.25) is 10.1 Å². The second-order valence-corrected chi connectivity index (χ2v) is 3.48. The van der Waals surface area contributed by atoms with Gasteiger partial charge < -0.3 is 0 Å². The Hall–Kier alpha value is -2.68. The summed E-state index contributed by atoms with van der Waals surface area (Å²) in [6.07, 6.45) is 2.46. The van der Waals surface area contributed by atoms with Crippen LogP contribution in [0.15, 0.2) is 30.6 Å². The molecule has 1 heterocycles. The lowest BCUT2D eigenvalue weighted by molar-refractivity contribution is -0.384. The minimum Gasteiger partial charge on any atom is -0.258 e. The third-order valence-electron chi connectivity index (χ3n) is 2.37. The highest BCUT2D eigenvalue weighted by atomic mass is 16.6. The number of benzene rings is 1. The highest BCUT2D eigenvalue weighted by molar-refractivity contribution is 5.53. The summed E-state index contributed by atoms with van der Waals surface area (Å²) in [7, 11) is 0. The molecule has 1 aromatic heterocycles. The molecule has 0 fully saturated rings. The summed E-state index contributed by atoms with van der Waals surface area (Å²) in [6, 6.07) is 7.27. The molecule has 0 atom stereocenters. The Balaban J connectivity index is 2.60. The zero-order valence-electron chi connectivity index (χ0n) is 8.99. The van der Waals surface area contributed by atoms with Crippen molar-refractivity contribution >= 4 is 5.69 Å². The van der Waals surface area contributed by atoms with Gasteiger partial charge in [0.1, 0.15) is 18.5 Å². The highest BCUT2D eigenvalue weighted by Crippen LogP contribution is 2.20. The molecule has 0 aliphatic heterocycles. The molecule has 0 amide bonds. The number of para-hydroxylation sites is 1. The van der Waals surface area contributed by atoms with Crippen molar-refractivity contribution in [3.8, 4) is 11.8 Å². The molecule has 0 bridgehead atoms. The van der Waals surface area contributed by atoms with Gasteiger partial charge in [0, 0.05) is 0 Å². The number of nitriles is 1. The van der Waals surface area contributed by atoms with Crippen molar-refractivity contribution in [1.29, 1.82) is 5.26 Å². The molecule has 0 aliphatic carbocycles. The van der Waals surface area contributed by atoms with E-state index in [0.717, 1.165) is 11.8 Å². The van der Waals surface area contributed by atoms with Crippen LogP contribution in [0.3, 0.4) is 0 Å². The van der Waals surface area contributed by atoms with Crippen molar-refractivity contribution < 1.29 is 4.92 Å². The lowest BCUT2D eigenvalue weighted by atomic mass is 10.1. The van der Waals surface area contributed by atoms with E-state index in [4.69, 9.17) is 5.26 Å². The van der Waals surface area contributed by atoms with Crippen LogP contribution in [-0.2, 0) is 0 Å². The van der Waals surface area contributed by atoms with Gasteiger partial charge in [-0.1, -0.05) is 12.1 Å². The maximum atomic E-state index is 10.6. The molecule has 1 aromatic carbocycles. The Morgan fingerprint density at radius 1 is 1.53 bits per heavy atom. The topological polar surface area (TPSA) is 84.8 Å². The Labute approximate surface area is 96.9 Å². The maximum absolute atomic E-state index is 10.6. The van der Waals surface area contributed by atoms with Crippen molar-refractivity contribution in [2.45, 2.75) is 6.92 Å². The predicted octanol–water partition coefficient (Wildman–Crippen LogP) is 1.96. The zero-order chi connectivity index (χ0) is 12.4. The third-order valence-corrected chi connectivity index (χ3v) is 2.37. The first kappa shape index (κ1) is 10.8. The average molecular weight is 228 g/mol. The van der Waals surface area contributed by atoms with Gasteiger partial charge >= 0.3 is 5.69 Å². The molecule has 2 aromatic rings. The van der Waals surface area contributed by atoms with Gasteiger partial charge in [0.25, 0.3) is 0 Å². The summed E-state index contributed by atoms with van der Waals surface area (Å²) >= 11 is 0. The molecule has 0 radical (unpaired) electrons. The average Bonchev–Trinajstić information content (AvgIpc) is 2.77. The van der Waals surface area contributed by atoms with Crippen LogP contribution in [0.25, 0.3) is 5.69 Å². The SMILES string of the molecule is Cc1cccc(C#N)c1-n1cc([N+](=O)[O-])cn1. The molecule has 0 saturated heterocycles. The fourth-order valence-corrected chi connectivity index (χ4v) is 1.58. The largest absolute Gasteiger partial charge is 0.307 e. The zero-order valence-corrected chi connectivity index (χ0v) is 8.99. The summed E-state index contributed by atoms with van der Waals surface area (Å²) in [5, 5.41) is 23.5. The molecule has 0 unspecified atom stereocenters. The standard InChI is InChI=1S/C11H8N4O2/c1-8-3-2-4-9(5-12)11(8)14-7-10(6-13-14)15(16)17/h2-4,6-7H,1H3. The third kappa shape index (κ3) is 1.86. The second-order valence-electron chi connectivity index (χ2n) is 3.48. The minimum absolute atomic E-state index is 0.0999. The molecule has 6 nitrogen and oxygen atoms in total. The molecule has 2 rings (SSSR count). The van der Waals surface area contributed by atoms with Gasteiger partial charge in [-0.25, -0.2) is 4.68 Å². The van der Waals surface area contributed by atoms with E-state index in [1.807, 2.05) is 19.1 Å². The smallest absolute Gasteiger partial charge is 0.258 e. The van der Waals surface area contributed by atoms with Gasteiger partial charge in [-0.15, -0.1) is 0 Å². The fraction of sp³-hybridized carbons (Fsp3) is 0.0909. The summed E-state index contributed by atoms with van der Waals surface area (Å²) in [5.74, 6) is 0. The molecule has 0 saturated carbocycles. The molecular formula is C11H8N4O2. The summed E-state index contributed by atoms with van der Waals surface area (Å²) in [5.41, 5.74) is 1.74. The molecule has 0 spiro atoms. The van der Waals surface area contributed by atoms with Crippen LogP contribution in [0.5, 0.6) is 0 Å². The monoisotopic (exact) mass is 228 g/mol. The summed E-state index contributed by atoms with van der Waals surface area (Å²) < 4.78 is 1.35. The van der Waals surface area contributed by atoms with E-state index in [1.165, 1.54) is 10.9 Å². The number of nitro groups is 1. The van der Waals surface area contributed by atoms with Crippen molar-refractivity contribution in [2.75, 3.05) is 0 Å². The van der Waals surface area contributed by atoms with Gasteiger partial charge in [0.2, 0.25) is 0 Å². The quantitative estimate of drug-likeness (QED) is 0.580. The number of nitrogens with zero attached hydrogens (tertiary/aromatic N) is 4. The molecule has 0 aliphatic rings. The molecule has 84 valence electrons. The van der Waals surface area contributed by atoms with E-state index in [9.17, 15) is 10.1 Å². The van der Waals surface area contributed by atoms with Gasteiger partial charge in [-0.2, -0.15) is 10.4 Å². The van der Waals surface area contributed by atoms with E-state index < -0.39 is 4.92 Å². The number of hydrogen-bond donors (Lipinski definition) is 0. The van der Waals surface area contributed by atoms with Crippen molar-refractivity contribution in [1.82, 2.24) is 9.78 Å². The first-order valence-electron chi connectivity index (χ1n) is 4.82. The van der Waals surface area contributed by atoms with Crippen LogP contribution in [0, 0.1) is 28.4 Å². The van der Waals surface area contributed by atoms with Crippen LogP contribution < -0.4 is 0 Å². The van der Waals surface area contributed by atoms with E-state index in [-0.39, 0.29) is 5.69 Å². The first-order chi connectivity index (χ1) is 8.13. The number of aromatic nitrogens is 2. The molecule has 0 N–H and O–H groups in total. The number of aryl methyl sites for hydroxylation is 1. The minimum atomic E-state index is -0.520. The van der Waals surface area contributed by atoms with Crippen LogP contribution in [-0.4, -0.2) is 14.7 Å². The van der Waals surface area contributed by atoms with E-state index in [0.29, 0.717) is 11.3 Å². The molecule has 17 heavy (non-hydrogen) atoms. The van der Waals surface area contributed by atoms with Crippen molar-refractivity contribution in [2.24, 2.45) is 0 Å². The Bertz CT molecular complexity index is 625. The highest BCUT2D eigenvalue weighted by Gasteiger charge is 2.13. The Morgan fingerprint density at radius 2 is 2.29 bits per heavy atom. The summed E-state index contributed by atoms with van der Waals surface area (Å²) in [4.78, 5) is 10.1. The van der Waals surface area contributed by atoms with Crippen LogP contribution >= 0.6 is 0 Å². The second kappa shape index (κ2) is 4.06. The lowest BCUT2D eigenvalue weighted by Crippen LogP contribution is -2.00. The van der Waals surface area contributed by atoms with Crippen LogP contribution in [0.4, 0.5) is 5.69 Å². The van der Waals surface area contributed by atoms with Gasteiger partial charge in [0.05, 0.1) is 16.2 Å². The molecular weight excluding hydrogens is 220 g/mol. The Kier molecular flexibility index (Phi) is 2.58. The number of rotatable bonds is 2. The van der Waals surface area contributed by atoms with Gasteiger partial charge in [-0.05, 0) is 18.6 Å². The summed E-state index contributed by atoms with van der Waals surface area (Å²) in [6.45, 7) is 1.82. The predicted molar refractivity (Wildman–Crippen MR) is 59.7 cm³/mol. The fourth-order valence-electron chi connectivity index (χ4n) is 1.58. The van der Waals surface area contributed by atoms with E-state index in [2.05, 4.69) is 5.10 Å². The van der Waals surface area contributed by atoms with Crippen LogP contribution in [0.1, 0.15) is 11.1 Å². The molecule has 6 heteroatoms. The lowest BCUT2D eigenvalue weighted by Gasteiger charge is -2.06. The normalized spacial score (nSPS) is 9.88. The van der Waals surface area contributed by atoms with Crippen LogP contribution in [0.2, 0.25) is 0 Å². The maximum Gasteiger partial charge on any atom is 0.307 e. The Morgan fingerprint density at radius 3 is 2.88 bits per heavy atom. The van der Waals surface area contributed by atoms with Crippen molar-refractivity contribution in [3.63, 3.8) is 0 Å². The number of hydrogen-bond acceptors (Lipinski definition) is 4.